The van der Waals surface area contributed by atoms with Crippen LogP contribution in [0.4, 0.5) is 0 Å². The Kier molecular flexibility index (Phi) is 8.90. The molecule has 3 aliphatic rings. The van der Waals surface area contributed by atoms with Crippen molar-refractivity contribution in [1.82, 2.24) is 15.5 Å². The molecule has 3 rings (SSSR count). The van der Waals surface area contributed by atoms with Crippen LogP contribution in [0.1, 0.15) is 39.5 Å². The molecule has 1 aliphatic heterocycles. The van der Waals surface area contributed by atoms with Crippen molar-refractivity contribution in [3.8, 4) is 0 Å². The van der Waals surface area contributed by atoms with Crippen molar-refractivity contribution in [3.63, 3.8) is 0 Å². The van der Waals surface area contributed by atoms with Gasteiger partial charge in [-0.3, -0.25) is 9.89 Å². The fourth-order valence-corrected chi connectivity index (χ4v) is 4.56. The van der Waals surface area contributed by atoms with Gasteiger partial charge >= 0.3 is 0 Å². The van der Waals surface area contributed by atoms with Crippen LogP contribution in [0.15, 0.2) is 4.99 Å². The molecular weight excluding hydrogens is 443 g/mol. The number of nitrogens with one attached hydrogen (secondary N) is 2. The summed E-state index contributed by atoms with van der Waals surface area (Å²) < 4.78 is 11.4. The molecule has 0 aromatic heterocycles. The topological polar surface area (TPSA) is 58.1 Å². The van der Waals surface area contributed by atoms with Gasteiger partial charge in [0.25, 0.3) is 0 Å². The molecule has 0 bridgehead atoms. The number of halogens is 1. The van der Waals surface area contributed by atoms with E-state index in [0.717, 1.165) is 58.4 Å². The molecule has 2 saturated carbocycles. The molecule has 7 heteroatoms. The molecule has 3 unspecified atom stereocenters. The molecule has 0 aromatic carbocycles. The minimum atomic E-state index is 0. The fourth-order valence-electron chi connectivity index (χ4n) is 4.56. The van der Waals surface area contributed by atoms with Crippen LogP contribution in [-0.4, -0.2) is 76.1 Å². The van der Waals surface area contributed by atoms with Crippen LogP contribution in [0.3, 0.4) is 0 Å². The summed E-state index contributed by atoms with van der Waals surface area (Å²) in [6.45, 7) is 11.1. The van der Waals surface area contributed by atoms with Crippen molar-refractivity contribution in [1.29, 1.82) is 0 Å². The van der Waals surface area contributed by atoms with Crippen molar-refractivity contribution in [2.24, 2.45) is 16.3 Å². The Labute approximate surface area is 175 Å². The first-order valence-electron chi connectivity index (χ1n) is 10.1. The van der Waals surface area contributed by atoms with Crippen molar-refractivity contribution in [2.75, 3.05) is 53.0 Å². The normalized spacial score (nSPS) is 29.3. The van der Waals surface area contributed by atoms with E-state index in [1.807, 2.05) is 7.05 Å². The van der Waals surface area contributed by atoms with E-state index >= 15 is 0 Å². The number of nitrogens with zero attached hydrogens (tertiary/aromatic N) is 2. The van der Waals surface area contributed by atoms with Gasteiger partial charge in [-0.15, -0.1) is 24.0 Å². The predicted molar refractivity (Wildman–Crippen MR) is 116 cm³/mol. The van der Waals surface area contributed by atoms with Gasteiger partial charge in [0, 0.05) is 51.3 Å². The van der Waals surface area contributed by atoms with Gasteiger partial charge in [0.15, 0.2) is 5.96 Å². The monoisotopic (exact) mass is 480 g/mol. The lowest BCUT2D eigenvalue weighted by atomic mass is 9.51. The highest BCUT2D eigenvalue weighted by atomic mass is 127. The number of aliphatic imine (C=N–C) groups is 1. The molecule has 2 aliphatic carbocycles. The first-order valence-corrected chi connectivity index (χ1v) is 10.1. The molecular formula is C19H37IN4O2. The van der Waals surface area contributed by atoms with Gasteiger partial charge in [-0.1, -0.05) is 13.3 Å². The van der Waals surface area contributed by atoms with E-state index in [2.05, 4.69) is 34.4 Å². The smallest absolute Gasteiger partial charge is 0.191 e. The van der Waals surface area contributed by atoms with Gasteiger partial charge in [0.05, 0.1) is 19.3 Å². The van der Waals surface area contributed by atoms with Gasteiger partial charge in [0.1, 0.15) is 0 Å². The summed E-state index contributed by atoms with van der Waals surface area (Å²) in [4.78, 5) is 6.94. The molecule has 0 amide bonds. The summed E-state index contributed by atoms with van der Waals surface area (Å²) >= 11 is 0. The van der Waals surface area contributed by atoms with E-state index in [1.165, 1.54) is 19.3 Å². The van der Waals surface area contributed by atoms with Gasteiger partial charge in [0.2, 0.25) is 0 Å². The highest BCUT2D eigenvalue weighted by Crippen LogP contribution is 2.57. The number of ether oxygens (including phenoxy) is 2. The van der Waals surface area contributed by atoms with Crippen LogP contribution in [0.25, 0.3) is 0 Å². The SMILES string of the molecule is CCOC1CC(NC(=NC)NCC(C)CN2CCOCC2)C12CCC2.I. The first kappa shape index (κ1) is 22.2. The first-order chi connectivity index (χ1) is 12.2. The Morgan fingerprint density at radius 2 is 2.08 bits per heavy atom. The Morgan fingerprint density at radius 1 is 1.35 bits per heavy atom. The summed E-state index contributed by atoms with van der Waals surface area (Å²) in [6.07, 6.45) is 5.48. The summed E-state index contributed by atoms with van der Waals surface area (Å²) in [6, 6.07) is 0.513. The number of hydrogen-bond acceptors (Lipinski definition) is 4. The number of guanidine groups is 1. The predicted octanol–water partition coefficient (Wildman–Crippen LogP) is 2.09. The van der Waals surface area contributed by atoms with E-state index in [0.29, 0.717) is 23.5 Å². The lowest BCUT2D eigenvalue weighted by Crippen LogP contribution is -2.68. The molecule has 3 atom stereocenters. The summed E-state index contributed by atoms with van der Waals surface area (Å²) in [5, 5.41) is 7.20. The van der Waals surface area contributed by atoms with Crippen LogP contribution in [0, 0.1) is 11.3 Å². The van der Waals surface area contributed by atoms with Crippen molar-refractivity contribution >= 4 is 29.9 Å². The minimum absolute atomic E-state index is 0. The molecule has 2 N–H and O–H groups in total. The van der Waals surface area contributed by atoms with Crippen molar-refractivity contribution in [3.05, 3.63) is 0 Å². The molecule has 0 radical (unpaired) electrons. The second kappa shape index (κ2) is 10.4. The Bertz CT molecular complexity index is 453. The molecule has 0 aromatic rings. The molecule has 1 spiro atoms. The van der Waals surface area contributed by atoms with Gasteiger partial charge in [-0.05, 0) is 32.1 Å². The average molecular weight is 480 g/mol. The molecule has 1 heterocycles. The maximum Gasteiger partial charge on any atom is 0.191 e. The maximum atomic E-state index is 5.95. The molecule has 152 valence electrons. The van der Waals surface area contributed by atoms with E-state index in [4.69, 9.17) is 9.47 Å². The summed E-state index contributed by atoms with van der Waals surface area (Å²) in [5.74, 6) is 1.53. The summed E-state index contributed by atoms with van der Waals surface area (Å²) in [7, 11) is 1.87. The van der Waals surface area contributed by atoms with Crippen LogP contribution in [0.5, 0.6) is 0 Å². The molecule has 6 nitrogen and oxygen atoms in total. The number of morpholine rings is 1. The van der Waals surface area contributed by atoms with Gasteiger partial charge in [-0.25, -0.2) is 0 Å². The maximum absolute atomic E-state index is 5.95. The molecule has 3 fully saturated rings. The lowest BCUT2D eigenvalue weighted by Gasteiger charge is -2.61. The highest BCUT2D eigenvalue weighted by molar-refractivity contribution is 14.0. The fraction of sp³-hybridized carbons (Fsp3) is 0.947. The van der Waals surface area contributed by atoms with Crippen molar-refractivity contribution < 1.29 is 9.47 Å². The van der Waals surface area contributed by atoms with Crippen LogP contribution < -0.4 is 10.6 Å². The number of hydrogen-bond donors (Lipinski definition) is 2. The third-order valence-electron chi connectivity index (χ3n) is 6.26. The minimum Gasteiger partial charge on any atom is -0.379 e. The Hall–Kier alpha value is -0.120. The standard InChI is InChI=1S/C19H36N4O2.HI/c1-4-25-17-12-16(19(17)6-5-7-19)22-18(20-3)21-13-15(2)14-23-8-10-24-11-9-23;/h15-17H,4-14H2,1-3H3,(H2,20,21,22);1H. The second-order valence-corrected chi connectivity index (χ2v) is 7.93. The lowest BCUT2D eigenvalue weighted by molar-refractivity contribution is -0.168. The van der Waals surface area contributed by atoms with Gasteiger partial charge in [-0.2, -0.15) is 0 Å². The average Bonchev–Trinajstić information content (AvgIpc) is 2.56. The zero-order valence-electron chi connectivity index (χ0n) is 16.6. The summed E-state index contributed by atoms with van der Waals surface area (Å²) in [5.41, 5.74) is 0.368. The highest BCUT2D eigenvalue weighted by Gasteiger charge is 2.59. The van der Waals surface area contributed by atoms with Gasteiger partial charge < -0.3 is 20.1 Å². The zero-order valence-corrected chi connectivity index (χ0v) is 19.0. The van der Waals surface area contributed by atoms with E-state index in [1.54, 1.807) is 0 Å². The van der Waals surface area contributed by atoms with Crippen LogP contribution >= 0.6 is 24.0 Å². The van der Waals surface area contributed by atoms with Crippen LogP contribution in [0.2, 0.25) is 0 Å². The zero-order chi connectivity index (χ0) is 17.7. The number of rotatable bonds is 7. The molecule has 1 saturated heterocycles. The second-order valence-electron chi connectivity index (χ2n) is 7.93. The van der Waals surface area contributed by atoms with Crippen LogP contribution in [-0.2, 0) is 9.47 Å². The van der Waals surface area contributed by atoms with E-state index < -0.39 is 0 Å². The molecule has 26 heavy (non-hydrogen) atoms. The van der Waals surface area contributed by atoms with Crippen molar-refractivity contribution in [2.45, 2.75) is 51.7 Å². The van der Waals surface area contributed by atoms with E-state index in [9.17, 15) is 0 Å². The Balaban J connectivity index is 0.00000243. The largest absolute Gasteiger partial charge is 0.379 e. The third kappa shape index (κ3) is 5.02. The van der Waals surface area contributed by atoms with E-state index in [-0.39, 0.29) is 24.0 Å². The quantitative estimate of drug-likeness (QED) is 0.332. The third-order valence-corrected chi connectivity index (χ3v) is 6.26. The Morgan fingerprint density at radius 3 is 2.65 bits per heavy atom.